The number of carbonyl (C=O) groups is 2. The van der Waals surface area contributed by atoms with E-state index in [-0.39, 0.29) is 11.8 Å². The van der Waals surface area contributed by atoms with Crippen LogP contribution >= 0.6 is 23.5 Å². The van der Waals surface area contributed by atoms with E-state index in [2.05, 4.69) is 8.75 Å². The summed E-state index contributed by atoms with van der Waals surface area (Å²) < 4.78 is 19.5. The van der Waals surface area contributed by atoms with Gasteiger partial charge in [0.15, 0.2) is 0 Å². The molecule has 21 heavy (non-hydrogen) atoms. The van der Waals surface area contributed by atoms with Gasteiger partial charge in [-0.15, -0.1) is 11.8 Å². The SMILES string of the molecule is CSc1nsnc1C1C2CCN(CC2)C12OC(=O)C(=O)O2. The van der Waals surface area contributed by atoms with Gasteiger partial charge in [0.25, 0.3) is 0 Å². The molecule has 0 aromatic carbocycles. The van der Waals surface area contributed by atoms with Gasteiger partial charge in [-0.25, -0.2) is 14.5 Å². The third-order valence-corrected chi connectivity index (χ3v) is 5.80. The minimum atomic E-state index is -1.31. The van der Waals surface area contributed by atoms with Crippen LogP contribution in [0, 0.1) is 5.92 Å². The van der Waals surface area contributed by atoms with Gasteiger partial charge in [0, 0.05) is 13.1 Å². The van der Waals surface area contributed by atoms with Gasteiger partial charge in [0.1, 0.15) is 16.6 Å². The van der Waals surface area contributed by atoms with Crippen LogP contribution in [0.15, 0.2) is 5.03 Å². The molecule has 0 N–H and O–H groups in total. The summed E-state index contributed by atoms with van der Waals surface area (Å²) in [7, 11) is 0. The van der Waals surface area contributed by atoms with Crippen LogP contribution in [0.4, 0.5) is 0 Å². The lowest BCUT2D eigenvalue weighted by Crippen LogP contribution is -2.64. The molecule has 4 saturated heterocycles. The van der Waals surface area contributed by atoms with Crippen LogP contribution in [0.5, 0.6) is 0 Å². The number of ether oxygens (including phenoxy) is 2. The summed E-state index contributed by atoms with van der Waals surface area (Å²) in [5.74, 6) is -3.11. The second-order valence-corrected chi connectivity index (χ2v) is 6.69. The Morgan fingerprint density at radius 2 is 1.90 bits per heavy atom. The maximum atomic E-state index is 11.6. The number of hydrogen-bond donors (Lipinski definition) is 0. The van der Waals surface area contributed by atoms with E-state index in [9.17, 15) is 9.59 Å². The molecule has 1 spiro atoms. The quantitative estimate of drug-likeness (QED) is 0.449. The van der Waals surface area contributed by atoms with Crippen molar-refractivity contribution >= 4 is 35.4 Å². The number of carbonyl (C=O) groups excluding carboxylic acids is 2. The molecule has 0 aliphatic carbocycles. The normalized spacial score (nSPS) is 33.3. The van der Waals surface area contributed by atoms with Crippen LogP contribution in [0.2, 0.25) is 0 Å². The molecule has 2 bridgehead atoms. The van der Waals surface area contributed by atoms with Gasteiger partial charge < -0.3 is 9.47 Å². The summed E-state index contributed by atoms with van der Waals surface area (Å²) in [5.41, 5.74) is 0.782. The second-order valence-electron chi connectivity index (χ2n) is 5.37. The van der Waals surface area contributed by atoms with Crippen LogP contribution in [0.1, 0.15) is 24.5 Å². The minimum Gasteiger partial charge on any atom is -0.399 e. The lowest BCUT2D eigenvalue weighted by Gasteiger charge is -2.53. The van der Waals surface area contributed by atoms with Crippen molar-refractivity contribution in [1.82, 2.24) is 13.6 Å². The second kappa shape index (κ2) is 4.65. The molecule has 4 aliphatic rings. The molecule has 1 atom stereocenters. The molecule has 112 valence electrons. The fourth-order valence-corrected chi connectivity index (χ4v) is 4.91. The third kappa shape index (κ3) is 1.77. The molecule has 4 fully saturated rings. The van der Waals surface area contributed by atoms with Gasteiger partial charge in [-0.2, -0.15) is 8.75 Å². The van der Waals surface area contributed by atoms with Crippen molar-refractivity contribution in [1.29, 1.82) is 0 Å². The van der Waals surface area contributed by atoms with Gasteiger partial charge in [-0.05, 0) is 25.0 Å². The Hall–Kier alpha value is -1.19. The number of rotatable bonds is 2. The van der Waals surface area contributed by atoms with Crippen LogP contribution in [-0.4, -0.2) is 50.8 Å². The largest absolute Gasteiger partial charge is 0.421 e. The average molecular weight is 327 g/mol. The lowest BCUT2D eigenvalue weighted by atomic mass is 9.74. The van der Waals surface area contributed by atoms with Gasteiger partial charge in [-0.1, -0.05) is 0 Å². The van der Waals surface area contributed by atoms with Crippen molar-refractivity contribution < 1.29 is 19.1 Å². The maximum absolute atomic E-state index is 11.6. The Kier molecular flexibility index (Phi) is 2.98. The first-order valence-corrected chi connectivity index (χ1v) is 8.69. The monoisotopic (exact) mass is 327 g/mol. The first kappa shape index (κ1) is 13.5. The van der Waals surface area contributed by atoms with Crippen LogP contribution < -0.4 is 0 Å². The minimum absolute atomic E-state index is 0.253. The van der Waals surface area contributed by atoms with Crippen molar-refractivity contribution in [3.05, 3.63) is 5.69 Å². The summed E-state index contributed by atoms with van der Waals surface area (Å²) >= 11 is 2.64. The van der Waals surface area contributed by atoms with Gasteiger partial charge in [-0.3, -0.25) is 0 Å². The molecule has 0 saturated carbocycles. The lowest BCUT2D eigenvalue weighted by molar-refractivity contribution is -0.300. The molecule has 0 amide bonds. The topological polar surface area (TPSA) is 81.6 Å². The van der Waals surface area contributed by atoms with Crippen molar-refractivity contribution in [2.45, 2.75) is 29.7 Å². The zero-order chi connectivity index (χ0) is 14.6. The number of fused-ring (bicyclic) bond motifs is 2. The molecule has 4 aliphatic heterocycles. The highest BCUT2D eigenvalue weighted by atomic mass is 32.2. The molecule has 5 rings (SSSR count). The third-order valence-electron chi connectivity index (χ3n) is 4.46. The van der Waals surface area contributed by atoms with Crippen molar-refractivity contribution in [3.8, 4) is 0 Å². The Labute approximate surface area is 129 Å². The fraction of sp³-hybridized carbons (Fsp3) is 0.667. The number of thioether (sulfide) groups is 1. The highest BCUT2D eigenvalue weighted by Crippen LogP contribution is 2.53. The Balaban J connectivity index is 1.83. The van der Waals surface area contributed by atoms with Crippen molar-refractivity contribution in [3.63, 3.8) is 0 Å². The van der Waals surface area contributed by atoms with E-state index in [0.717, 1.165) is 48.4 Å². The summed E-state index contributed by atoms with van der Waals surface area (Å²) in [6, 6.07) is 0. The number of esters is 2. The van der Waals surface area contributed by atoms with E-state index in [1.165, 1.54) is 11.8 Å². The molecule has 9 heteroatoms. The predicted molar refractivity (Wildman–Crippen MR) is 73.6 cm³/mol. The standard InChI is InChI=1S/C12H13N3O4S2/c1-20-9-8(13-21-14-9)7-6-2-4-15(5-3-6)12(7)18-10(16)11(17)19-12/h6-7H,2-5H2,1H3. The number of piperidine rings is 3. The summed E-state index contributed by atoms with van der Waals surface area (Å²) in [5, 5.41) is 0.817. The highest BCUT2D eigenvalue weighted by Gasteiger charge is 2.65. The number of aromatic nitrogens is 2. The van der Waals surface area contributed by atoms with Crippen LogP contribution in [0.25, 0.3) is 0 Å². The first-order valence-electron chi connectivity index (χ1n) is 6.73. The molecule has 1 unspecified atom stereocenters. The average Bonchev–Trinajstić information content (AvgIpc) is 3.06. The van der Waals surface area contributed by atoms with E-state index in [4.69, 9.17) is 9.47 Å². The molecule has 1 aromatic rings. The highest BCUT2D eigenvalue weighted by molar-refractivity contribution is 7.98. The molecule has 5 heterocycles. The fourth-order valence-electron chi connectivity index (χ4n) is 3.58. The summed E-state index contributed by atoms with van der Waals surface area (Å²) in [4.78, 5) is 25.2. The van der Waals surface area contributed by atoms with Gasteiger partial charge in [0.05, 0.1) is 11.7 Å². The van der Waals surface area contributed by atoms with E-state index in [1.54, 1.807) is 0 Å². The van der Waals surface area contributed by atoms with Crippen molar-refractivity contribution in [2.24, 2.45) is 5.92 Å². The molecule has 0 radical (unpaired) electrons. The van der Waals surface area contributed by atoms with Crippen LogP contribution in [0.3, 0.4) is 0 Å². The smallest absolute Gasteiger partial charge is 0.399 e. The van der Waals surface area contributed by atoms with E-state index in [0.29, 0.717) is 0 Å². The van der Waals surface area contributed by atoms with E-state index in [1.807, 2.05) is 11.2 Å². The van der Waals surface area contributed by atoms with E-state index < -0.39 is 17.8 Å². The summed E-state index contributed by atoms with van der Waals surface area (Å²) in [6.07, 6.45) is 3.89. The summed E-state index contributed by atoms with van der Waals surface area (Å²) in [6.45, 7) is 1.52. The van der Waals surface area contributed by atoms with Gasteiger partial charge >= 0.3 is 17.8 Å². The van der Waals surface area contributed by atoms with Gasteiger partial charge in [0.2, 0.25) is 0 Å². The predicted octanol–water partition coefficient (Wildman–Crippen LogP) is 0.823. The Morgan fingerprint density at radius 3 is 2.52 bits per heavy atom. The molecular weight excluding hydrogens is 314 g/mol. The van der Waals surface area contributed by atoms with Crippen LogP contribution in [-0.2, 0) is 19.1 Å². The first-order chi connectivity index (χ1) is 10.2. The molecular formula is C12H13N3O4S2. The Bertz CT molecular complexity index is 595. The number of hydrogen-bond acceptors (Lipinski definition) is 9. The van der Waals surface area contributed by atoms with E-state index >= 15 is 0 Å². The van der Waals surface area contributed by atoms with Crippen molar-refractivity contribution in [2.75, 3.05) is 19.3 Å². The zero-order valence-corrected chi connectivity index (χ0v) is 12.9. The molecule has 1 aromatic heterocycles. The maximum Gasteiger partial charge on any atom is 0.421 e. The number of nitrogens with zero attached hydrogens (tertiary/aromatic N) is 3. The molecule has 7 nitrogen and oxygen atoms in total. The zero-order valence-electron chi connectivity index (χ0n) is 11.3. The Morgan fingerprint density at radius 1 is 1.24 bits per heavy atom.